The Kier molecular flexibility index (Phi) is 3.06. The van der Waals surface area contributed by atoms with E-state index in [1.54, 1.807) is 5.32 Å². The lowest BCUT2D eigenvalue weighted by Crippen LogP contribution is -2.53. The number of imide groups is 1. The zero-order chi connectivity index (χ0) is 12.5. The van der Waals surface area contributed by atoms with Crippen molar-refractivity contribution in [3.8, 4) is 0 Å². The van der Waals surface area contributed by atoms with Crippen molar-refractivity contribution in [1.82, 2.24) is 5.32 Å². The summed E-state index contributed by atoms with van der Waals surface area (Å²) in [5.41, 5.74) is 7.62. The summed E-state index contributed by atoms with van der Waals surface area (Å²) >= 11 is 0. The Morgan fingerprint density at radius 3 is 2.44 bits per heavy atom. The summed E-state index contributed by atoms with van der Waals surface area (Å²) in [6.45, 7) is 0. The van der Waals surface area contributed by atoms with Gasteiger partial charge in [-0.15, -0.1) is 0 Å². The highest BCUT2D eigenvalue weighted by Gasteiger charge is 2.52. The predicted octanol–water partition coefficient (Wildman–Crippen LogP) is -3.46. The molecule has 1 unspecified atom stereocenters. The van der Waals surface area contributed by atoms with Gasteiger partial charge >= 0.3 is 0 Å². The van der Waals surface area contributed by atoms with Crippen LogP contribution in [-0.2, 0) is 19.2 Å². The Labute approximate surface area is 90.0 Å². The molecular formula is C8H11N3O5. The van der Waals surface area contributed by atoms with Crippen LogP contribution in [0.5, 0.6) is 0 Å². The first-order valence-corrected chi connectivity index (χ1v) is 4.42. The van der Waals surface area contributed by atoms with Gasteiger partial charge in [-0.05, 0) is 0 Å². The minimum atomic E-state index is -2.48. The lowest BCUT2D eigenvalue weighted by atomic mass is 9.90. The molecule has 1 aliphatic heterocycles. The first-order valence-electron chi connectivity index (χ1n) is 4.42. The summed E-state index contributed by atoms with van der Waals surface area (Å²) in [6, 6.07) is -1.40. The van der Waals surface area contributed by atoms with Gasteiger partial charge in [-0.2, -0.15) is 0 Å². The van der Waals surface area contributed by atoms with E-state index in [4.69, 9.17) is 11.5 Å². The number of hydrogen-bond donors (Lipinski definition) is 4. The molecule has 8 nitrogen and oxygen atoms in total. The van der Waals surface area contributed by atoms with Crippen LogP contribution in [0.4, 0.5) is 0 Å². The van der Waals surface area contributed by atoms with E-state index in [0.717, 1.165) is 0 Å². The minimum absolute atomic E-state index is 0.497. The van der Waals surface area contributed by atoms with Crippen LogP contribution in [0.15, 0.2) is 0 Å². The molecule has 1 rings (SSSR count). The summed E-state index contributed by atoms with van der Waals surface area (Å²) in [5.74, 6) is -3.82. The molecule has 16 heavy (non-hydrogen) atoms. The van der Waals surface area contributed by atoms with Gasteiger partial charge < -0.3 is 16.6 Å². The number of primary amides is 1. The fourth-order valence-corrected chi connectivity index (χ4v) is 1.40. The number of Topliss-reactive ketones (excluding diaryl/α,β-unsaturated/α-hetero) is 1. The van der Waals surface area contributed by atoms with Crippen molar-refractivity contribution >= 4 is 23.5 Å². The molecule has 88 valence electrons. The molecule has 1 aliphatic rings. The number of amides is 3. The molecule has 0 aromatic rings. The zero-order valence-corrected chi connectivity index (χ0v) is 8.23. The molecule has 8 heteroatoms. The standard InChI is InChI=1S/C8H11N3O5/c9-3(1-4(10)12)6(14)8(16)2-5(13)11-7(8)15/h3,16H,1-2,9H2,(H2,10,12)(H,11,13,15)/t3-,8?/m0/s1. The van der Waals surface area contributed by atoms with E-state index in [1.165, 1.54) is 0 Å². The van der Waals surface area contributed by atoms with Crippen LogP contribution in [0.2, 0.25) is 0 Å². The molecular weight excluding hydrogens is 218 g/mol. The molecule has 1 heterocycles. The van der Waals surface area contributed by atoms with Crippen LogP contribution in [0.3, 0.4) is 0 Å². The van der Waals surface area contributed by atoms with Crippen molar-refractivity contribution in [1.29, 1.82) is 0 Å². The molecule has 0 aromatic heterocycles. The number of aliphatic hydroxyl groups is 1. The Morgan fingerprint density at radius 1 is 1.50 bits per heavy atom. The van der Waals surface area contributed by atoms with E-state index >= 15 is 0 Å². The molecule has 2 atom stereocenters. The number of ketones is 1. The van der Waals surface area contributed by atoms with Crippen LogP contribution in [0.25, 0.3) is 0 Å². The quantitative estimate of drug-likeness (QED) is 0.290. The molecule has 0 saturated carbocycles. The number of nitrogens with one attached hydrogen (secondary N) is 1. The second kappa shape index (κ2) is 3.99. The Hall–Kier alpha value is -1.80. The van der Waals surface area contributed by atoms with Gasteiger partial charge in [0, 0.05) is 6.42 Å². The third-order valence-electron chi connectivity index (χ3n) is 2.21. The summed E-state index contributed by atoms with van der Waals surface area (Å²) in [7, 11) is 0. The summed E-state index contributed by atoms with van der Waals surface area (Å²) in [5, 5.41) is 11.4. The maximum atomic E-state index is 11.6. The maximum Gasteiger partial charge on any atom is 0.266 e. The molecule has 1 fully saturated rings. The van der Waals surface area contributed by atoms with Crippen LogP contribution in [-0.4, -0.2) is 40.3 Å². The maximum absolute atomic E-state index is 11.6. The number of nitrogens with two attached hydrogens (primary N) is 2. The summed E-state index contributed by atoms with van der Waals surface area (Å²) in [6.07, 6.45) is -1.18. The topological polar surface area (TPSA) is 153 Å². The second-order valence-corrected chi connectivity index (χ2v) is 3.56. The van der Waals surface area contributed by atoms with Crippen LogP contribution >= 0.6 is 0 Å². The van der Waals surface area contributed by atoms with Gasteiger partial charge in [0.15, 0.2) is 5.78 Å². The number of carbonyl (C=O) groups excluding carboxylic acids is 4. The fourth-order valence-electron chi connectivity index (χ4n) is 1.40. The molecule has 3 amide bonds. The molecule has 0 aromatic carbocycles. The average molecular weight is 229 g/mol. The van der Waals surface area contributed by atoms with Crippen molar-refractivity contribution in [2.45, 2.75) is 24.5 Å². The Balaban J connectivity index is 2.84. The van der Waals surface area contributed by atoms with Gasteiger partial charge in [0.25, 0.3) is 5.91 Å². The van der Waals surface area contributed by atoms with E-state index < -0.39 is 48.0 Å². The highest BCUT2D eigenvalue weighted by molar-refractivity contribution is 6.21. The molecule has 0 bridgehead atoms. The lowest BCUT2D eigenvalue weighted by Gasteiger charge is -2.20. The normalized spacial score (nSPS) is 26.4. The number of hydrogen-bond acceptors (Lipinski definition) is 6. The summed E-state index contributed by atoms with van der Waals surface area (Å²) < 4.78 is 0. The Bertz CT molecular complexity index is 380. The molecule has 0 radical (unpaired) electrons. The zero-order valence-electron chi connectivity index (χ0n) is 8.23. The smallest absolute Gasteiger partial charge is 0.266 e. The van der Waals surface area contributed by atoms with Gasteiger partial charge in [-0.25, -0.2) is 0 Å². The van der Waals surface area contributed by atoms with Crippen molar-refractivity contribution < 1.29 is 24.3 Å². The van der Waals surface area contributed by atoms with E-state index in [-0.39, 0.29) is 0 Å². The summed E-state index contributed by atoms with van der Waals surface area (Å²) in [4.78, 5) is 44.1. The average Bonchev–Trinajstić information content (AvgIpc) is 2.39. The second-order valence-electron chi connectivity index (χ2n) is 3.56. The van der Waals surface area contributed by atoms with Gasteiger partial charge in [0.2, 0.25) is 17.4 Å². The van der Waals surface area contributed by atoms with Crippen LogP contribution < -0.4 is 16.8 Å². The monoisotopic (exact) mass is 229 g/mol. The largest absolute Gasteiger partial charge is 0.373 e. The number of rotatable bonds is 4. The van der Waals surface area contributed by atoms with Crippen LogP contribution in [0, 0.1) is 0 Å². The van der Waals surface area contributed by atoms with Crippen LogP contribution in [0.1, 0.15) is 12.8 Å². The molecule has 1 saturated heterocycles. The molecule has 0 spiro atoms. The predicted molar refractivity (Wildman–Crippen MR) is 49.5 cm³/mol. The number of carbonyl (C=O) groups is 4. The van der Waals surface area contributed by atoms with E-state index in [9.17, 15) is 24.3 Å². The van der Waals surface area contributed by atoms with E-state index in [1.807, 2.05) is 0 Å². The highest BCUT2D eigenvalue weighted by atomic mass is 16.3. The van der Waals surface area contributed by atoms with Crippen molar-refractivity contribution in [3.63, 3.8) is 0 Å². The van der Waals surface area contributed by atoms with Crippen molar-refractivity contribution in [2.75, 3.05) is 0 Å². The van der Waals surface area contributed by atoms with Gasteiger partial charge in [0.05, 0.1) is 12.5 Å². The van der Waals surface area contributed by atoms with E-state index in [2.05, 4.69) is 0 Å². The van der Waals surface area contributed by atoms with Crippen molar-refractivity contribution in [3.05, 3.63) is 0 Å². The van der Waals surface area contributed by atoms with Gasteiger partial charge in [-0.1, -0.05) is 0 Å². The van der Waals surface area contributed by atoms with Gasteiger partial charge in [0.1, 0.15) is 0 Å². The van der Waals surface area contributed by atoms with E-state index in [0.29, 0.717) is 0 Å². The van der Waals surface area contributed by atoms with Crippen molar-refractivity contribution in [2.24, 2.45) is 11.5 Å². The molecule has 6 N–H and O–H groups in total. The van der Waals surface area contributed by atoms with Gasteiger partial charge in [-0.3, -0.25) is 24.5 Å². The lowest BCUT2D eigenvalue weighted by molar-refractivity contribution is -0.150. The highest BCUT2D eigenvalue weighted by Crippen LogP contribution is 2.20. The first-order chi connectivity index (χ1) is 7.27. The third kappa shape index (κ3) is 2.07. The SMILES string of the molecule is NC(=O)C[C@H](N)C(=O)C1(O)CC(=O)NC1=O. The minimum Gasteiger partial charge on any atom is -0.373 e. The fraction of sp³-hybridized carbons (Fsp3) is 0.500. The molecule has 0 aliphatic carbocycles. The third-order valence-corrected chi connectivity index (χ3v) is 2.21. The Morgan fingerprint density at radius 2 is 2.06 bits per heavy atom. The first kappa shape index (κ1) is 12.3.